The van der Waals surface area contributed by atoms with Crippen LogP contribution in [0.5, 0.6) is 5.75 Å². The second-order valence-corrected chi connectivity index (χ2v) is 18.0. The van der Waals surface area contributed by atoms with Crippen molar-refractivity contribution in [2.75, 3.05) is 69.2 Å². The number of benzene rings is 3. The van der Waals surface area contributed by atoms with Crippen LogP contribution in [0.1, 0.15) is 18.4 Å². The first-order valence-electron chi connectivity index (χ1n) is 15.5. The minimum atomic E-state index is -2.66. The molecule has 5 aromatic rings. The molecule has 0 atom stereocenters. The maximum Gasteiger partial charge on any atom is 0.231 e. The van der Waals surface area contributed by atoms with Crippen molar-refractivity contribution >= 4 is 93.4 Å². The normalized spacial score (nSPS) is 16.6. The van der Waals surface area contributed by atoms with Gasteiger partial charge in [-0.1, -0.05) is 30.3 Å². The van der Waals surface area contributed by atoms with Gasteiger partial charge in [-0.15, -0.1) is 0 Å². The highest BCUT2D eigenvalue weighted by Crippen LogP contribution is 2.44. The average Bonchev–Trinajstić information content (AvgIpc) is 3.44. The Kier molecular flexibility index (Phi) is 8.40. The molecule has 1 spiro atoms. The SMILES string of the molecule is COc1cc(N2CCC3(CC2)CN(C)C3)c(C)cc1Nc1nc(Nc2ccc3ccccc3c2P(C)(C)=O)c2ccn(SI)c2n1. The summed E-state index contributed by atoms with van der Waals surface area (Å²) in [7, 11) is 2.80. The fourth-order valence-electron chi connectivity index (χ4n) is 7.30. The summed E-state index contributed by atoms with van der Waals surface area (Å²) in [5.41, 5.74) is 5.25. The van der Waals surface area contributed by atoms with Crippen LogP contribution in [0.25, 0.3) is 21.8 Å². The Bertz CT molecular complexity index is 2000. The van der Waals surface area contributed by atoms with Crippen LogP contribution >= 0.6 is 37.5 Å². The van der Waals surface area contributed by atoms with Crippen molar-refractivity contribution in [1.29, 1.82) is 0 Å². The molecule has 4 heterocycles. The van der Waals surface area contributed by atoms with Crippen LogP contribution in [0.4, 0.5) is 28.8 Å². The summed E-state index contributed by atoms with van der Waals surface area (Å²) in [6, 6.07) is 18.4. The van der Waals surface area contributed by atoms with Crippen LogP contribution in [-0.2, 0) is 4.57 Å². The van der Waals surface area contributed by atoms with Gasteiger partial charge >= 0.3 is 0 Å². The third-order valence-electron chi connectivity index (χ3n) is 9.42. The Hall–Kier alpha value is -2.99. The lowest BCUT2D eigenvalue weighted by Gasteiger charge is -2.53. The Labute approximate surface area is 286 Å². The number of aryl methyl sites for hydroxylation is 1. The standard InChI is InChI=1S/C34H39IN7O2PS/c1-22-18-27(29(44-3)19-28(22)41-16-13-34(14-17-41)20-40(2)21-34)37-33-38-31(25-12-15-42(46-35)32(25)39-33)36-26-11-10-23-8-6-7-9-24(23)30(26)45(4,5)43/h6-12,15,18-19H,13-14,16-17,20-21H2,1-5H3,(H2,36,37,38,39). The molecule has 0 amide bonds. The highest BCUT2D eigenvalue weighted by molar-refractivity contribution is 14.2. The molecule has 2 N–H and O–H groups in total. The summed E-state index contributed by atoms with van der Waals surface area (Å²) in [6.45, 7) is 10.3. The molecule has 0 saturated carbocycles. The van der Waals surface area contributed by atoms with Gasteiger partial charge in [0, 0.05) is 79.8 Å². The van der Waals surface area contributed by atoms with E-state index in [1.165, 1.54) is 37.2 Å². The molecule has 9 nitrogen and oxygen atoms in total. The van der Waals surface area contributed by atoms with E-state index in [1.54, 1.807) is 16.2 Å². The number of methoxy groups -OCH3 is 1. The average molecular weight is 768 g/mol. The number of ether oxygens (including phenoxy) is 1. The van der Waals surface area contributed by atoms with E-state index < -0.39 is 7.14 Å². The Balaban J connectivity index is 1.24. The highest BCUT2D eigenvalue weighted by Gasteiger charge is 2.43. The van der Waals surface area contributed by atoms with Crippen molar-refractivity contribution < 1.29 is 9.30 Å². The number of halogens is 1. The zero-order chi connectivity index (χ0) is 32.2. The van der Waals surface area contributed by atoms with Gasteiger partial charge < -0.3 is 29.7 Å². The van der Waals surface area contributed by atoms with Gasteiger partial charge in [-0.05, 0) is 80.1 Å². The van der Waals surface area contributed by atoms with Crippen LogP contribution in [-0.4, -0.2) is 72.5 Å². The van der Waals surface area contributed by atoms with Gasteiger partial charge in [0.15, 0.2) is 5.65 Å². The van der Waals surface area contributed by atoms with E-state index in [1.807, 2.05) is 53.8 Å². The van der Waals surface area contributed by atoms with Crippen LogP contribution < -0.4 is 25.6 Å². The van der Waals surface area contributed by atoms with Gasteiger partial charge in [0.05, 0.1) is 23.9 Å². The lowest BCUT2D eigenvalue weighted by molar-refractivity contribution is 0.00130. The second kappa shape index (κ2) is 12.2. The quantitative estimate of drug-likeness (QED) is 0.121. The van der Waals surface area contributed by atoms with Gasteiger partial charge in [0.1, 0.15) is 18.7 Å². The number of anilines is 5. The molecule has 2 aliphatic rings. The van der Waals surface area contributed by atoms with Gasteiger partial charge in [0.2, 0.25) is 5.95 Å². The third kappa shape index (κ3) is 5.84. The molecular weight excluding hydrogens is 728 g/mol. The van der Waals surface area contributed by atoms with Crippen LogP contribution in [0.3, 0.4) is 0 Å². The van der Waals surface area contributed by atoms with Crippen LogP contribution in [0, 0.1) is 12.3 Å². The number of hydrogen-bond donors (Lipinski definition) is 2. The van der Waals surface area contributed by atoms with Crippen molar-refractivity contribution in [2.45, 2.75) is 19.8 Å². The zero-order valence-electron chi connectivity index (χ0n) is 26.8. The number of fused-ring (bicyclic) bond motifs is 2. The maximum atomic E-state index is 13.7. The van der Waals surface area contributed by atoms with Gasteiger partial charge in [-0.2, -0.15) is 9.97 Å². The van der Waals surface area contributed by atoms with E-state index in [2.05, 4.69) is 79.9 Å². The van der Waals surface area contributed by atoms with Gasteiger partial charge in [0.25, 0.3) is 0 Å². The number of rotatable bonds is 8. The Morgan fingerprint density at radius 2 is 1.74 bits per heavy atom. The first-order valence-corrected chi connectivity index (χ1v) is 21.4. The molecule has 3 aromatic carbocycles. The number of nitrogens with zero attached hydrogens (tertiary/aromatic N) is 5. The first-order chi connectivity index (χ1) is 22.1. The van der Waals surface area contributed by atoms with E-state index >= 15 is 0 Å². The molecule has 0 aliphatic carbocycles. The number of nitrogens with one attached hydrogen (secondary N) is 2. The zero-order valence-corrected chi connectivity index (χ0v) is 30.7. The molecule has 0 radical (unpaired) electrons. The van der Waals surface area contributed by atoms with E-state index in [0.717, 1.165) is 57.3 Å². The minimum absolute atomic E-state index is 0.443. The van der Waals surface area contributed by atoms with E-state index in [9.17, 15) is 4.57 Å². The van der Waals surface area contributed by atoms with Gasteiger partial charge in [-0.3, -0.25) is 3.97 Å². The Morgan fingerprint density at radius 3 is 2.43 bits per heavy atom. The highest BCUT2D eigenvalue weighted by atomic mass is 127. The molecule has 0 unspecified atom stereocenters. The van der Waals surface area contributed by atoms with Crippen LogP contribution in [0.2, 0.25) is 0 Å². The molecule has 12 heteroatoms. The topological polar surface area (TPSA) is 87.5 Å². The number of hydrogen-bond acceptors (Lipinski definition) is 9. The minimum Gasteiger partial charge on any atom is -0.494 e. The maximum absolute atomic E-state index is 13.7. The lowest BCUT2D eigenvalue weighted by Crippen LogP contribution is -2.58. The van der Waals surface area contributed by atoms with Crippen molar-refractivity contribution in [3.05, 3.63) is 66.4 Å². The monoisotopic (exact) mass is 767 g/mol. The molecule has 7 rings (SSSR count). The molecule has 2 saturated heterocycles. The second-order valence-electron chi connectivity index (χ2n) is 13.1. The molecule has 2 fully saturated rings. The van der Waals surface area contributed by atoms with Gasteiger partial charge in [-0.25, -0.2) is 0 Å². The number of aromatic nitrogens is 3. The smallest absolute Gasteiger partial charge is 0.231 e. The van der Waals surface area contributed by atoms with Crippen molar-refractivity contribution in [3.8, 4) is 5.75 Å². The largest absolute Gasteiger partial charge is 0.494 e. The summed E-state index contributed by atoms with van der Waals surface area (Å²) in [6.07, 6.45) is 4.43. The molecule has 2 aliphatic heterocycles. The fraction of sp³-hybridized carbons (Fsp3) is 0.353. The molecule has 2 aromatic heterocycles. The fourth-order valence-corrected chi connectivity index (χ4v) is 10.1. The van der Waals surface area contributed by atoms with E-state index in [-0.39, 0.29) is 0 Å². The lowest BCUT2D eigenvalue weighted by atomic mass is 9.72. The molecular formula is C34H39IN7O2PS. The van der Waals surface area contributed by atoms with Crippen molar-refractivity contribution in [1.82, 2.24) is 18.8 Å². The summed E-state index contributed by atoms with van der Waals surface area (Å²) in [5.74, 6) is 1.83. The van der Waals surface area contributed by atoms with Crippen molar-refractivity contribution in [2.24, 2.45) is 5.41 Å². The summed E-state index contributed by atoms with van der Waals surface area (Å²) >= 11 is 2.26. The van der Waals surface area contributed by atoms with E-state index in [4.69, 9.17) is 14.7 Å². The Morgan fingerprint density at radius 1 is 0.978 bits per heavy atom. The summed E-state index contributed by atoms with van der Waals surface area (Å²) in [5, 5.41) is 10.8. The van der Waals surface area contributed by atoms with E-state index in [0.29, 0.717) is 17.2 Å². The number of piperidine rings is 1. The predicted octanol–water partition coefficient (Wildman–Crippen LogP) is 8.02. The molecule has 240 valence electrons. The van der Waals surface area contributed by atoms with Crippen molar-refractivity contribution in [3.63, 3.8) is 0 Å². The van der Waals surface area contributed by atoms with Crippen LogP contribution in [0.15, 0.2) is 60.8 Å². The predicted molar refractivity (Wildman–Crippen MR) is 203 cm³/mol. The first kappa shape index (κ1) is 31.6. The number of likely N-dealkylation sites (tertiary alicyclic amines) is 1. The molecule has 0 bridgehead atoms. The third-order valence-corrected chi connectivity index (χ3v) is 12.7. The summed E-state index contributed by atoms with van der Waals surface area (Å²) in [4.78, 5) is 14.8. The molecule has 46 heavy (non-hydrogen) atoms. The summed E-state index contributed by atoms with van der Waals surface area (Å²) < 4.78 is 21.6.